The first-order valence-electron chi connectivity index (χ1n) is 8.58. The molecule has 5 nitrogen and oxygen atoms in total. The van der Waals surface area contributed by atoms with E-state index in [1.165, 1.54) is 11.8 Å². The molecule has 6 heteroatoms. The van der Waals surface area contributed by atoms with Crippen molar-refractivity contribution in [3.05, 3.63) is 72.7 Å². The summed E-state index contributed by atoms with van der Waals surface area (Å²) in [5.74, 6) is 0.219. The smallest absolute Gasteiger partial charge is 0.234 e. The van der Waals surface area contributed by atoms with Crippen LogP contribution in [0.3, 0.4) is 0 Å². The van der Waals surface area contributed by atoms with Crippen molar-refractivity contribution in [3.8, 4) is 11.1 Å². The highest BCUT2D eigenvalue weighted by molar-refractivity contribution is 8.00. The lowest BCUT2D eigenvalue weighted by Crippen LogP contribution is -2.14. The molecule has 0 fully saturated rings. The van der Waals surface area contributed by atoms with Crippen LogP contribution in [0.5, 0.6) is 0 Å². The lowest BCUT2D eigenvalue weighted by Gasteiger charge is -2.08. The summed E-state index contributed by atoms with van der Waals surface area (Å²) in [4.78, 5) is 24.4. The van der Waals surface area contributed by atoms with Crippen molar-refractivity contribution in [1.29, 1.82) is 0 Å². The number of amides is 1. The van der Waals surface area contributed by atoms with Crippen molar-refractivity contribution >= 4 is 34.4 Å². The highest BCUT2D eigenvalue weighted by Crippen LogP contribution is 2.31. The van der Waals surface area contributed by atoms with Gasteiger partial charge in [0.2, 0.25) is 5.91 Å². The Morgan fingerprint density at radius 2 is 1.85 bits per heavy atom. The van der Waals surface area contributed by atoms with Crippen LogP contribution in [0.15, 0.2) is 72.1 Å². The Kier molecular flexibility index (Phi) is 4.89. The molecular weight excluding hydrogens is 356 g/mol. The molecule has 4 rings (SSSR count). The average molecular weight is 374 g/mol. The van der Waals surface area contributed by atoms with E-state index in [9.17, 15) is 4.79 Å². The summed E-state index contributed by atoms with van der Waals surface area (Å²) >= 11 is 1.40. The number of H-pyrrole nitrogens is 1. The van der Waals surface area contributed by atoms with Crippen molar-refractivity contribution in [1.82, 2.24) is 15.0 Å². The van der Waals surface area contributed by atoms with E-state index in [0.717, 1.165) is 38.4 Å². The number of aromatic amines is 1. The Morgan fingerprint density at radius 1 is 1.07 bits per heavy atom. The van der Waals surface area contributed by atoms with E-state index in [1.807, 2.05) is 67.7 Å². The highest BCUT2D eigenvalue weighted by atomic mass is 32.2. The van der Waals surface area contributed by atoms with Gasteiger partial charge in [-0.05, 0) is 24.1 Å². The number of benzene rings is 2. The van der Waals surface area contributed by atoms with Crippen LogP contribution in [-0.2, 0) is 4.79 Å². The highest BCUT2D eigenvalue weighted by Gasteiger charge is 2.13. The van der Waals surface area contributed by atoms with E-state index in [0.29, 0.717) is 0 Å². The first kappa shape index (κ1) is 17.3. The second kappa shape index (κ2) is 7.63. The van der Waals surface area contributed by atoms with E-state index in [-0.39, 0.29) is 11.7 Å². The van der Waals surface area contributed by atoms with Gasteiger partial charge in [0.25, 0.3) is 0 Å². The first-order valence-corrected chi connectivity index (χ1v) is 9.57. The van der Waals surface area contributed by atoms with Gasteiger partial charge >= 0.3 is 0 Å². The van der Waals surface area contributed by atoms with Crippen LogP contribution in [-0.4, -0.2) is 26.6 Å². The average Bonchev–Trinajstić information content (AvgIpc) is 3.13. The number of rotatable bonds is 5. The summed E-state index contributed by atoms with van der Waals surface area (Å²) in [5.41, 5.74) is 5.71. The monoisotopic (exact) mass is 374 g/mol. The molecular formula is C21H18N4OS. The molecule has 0 aliphatic heterocycles. The van der Waals surface area contributed by atoms with Crippen molar-refractivity contribution in [3.63, 3.8) is 0 Å². The Morgan fingerprint density at radius 3 is 2.67 bits per heavy atom. The van der Waals surface area contributed by atoms with Gasteiger partial charge in [-0.1, -0.05) is 60.3 Å². The van der Waals surface area contributed by atoms with Crippen molar-refractivity contribution in [2.75, 3.05) is 11.1 Å². The zero-order valence-electron chi connectivity index (χ0n) is 14.8. The molecule has 0 aliphatic rings. The topological polar surface area (TPSA) is 70.7 Å². The number of fused-ring (bicyclic) bond motifs is 1. The number of nitrogens with zero attached hydrogens (tertiary/aromatic N) is 2. The van der Waals surface area contributed by atoms with Crippen LogP contribution >= 0.6 is 11.8 Å². The van der Waals surface area contributed by atoms with E-state index in [1.54, 1.807) is 6.33 Å². The summed E-state index contributed by atoms with van der Waals surface area (Å²) < 4.78 is 0. The predicted octanol–water partition coefficient (Wildman–Crippen LogP) is 4.66. The van der Waals surface area contributed by atoms with Gasteiger partial charge in [0.05, 0.1) is 11.3 Å². The van der Waals surface area contributed by atoms with Gasteiger partial charge in [-0.25, -0.2) is 9.97 Å². The second-order valence-electron chi connectivity index (χ2n) is 6.12. The number of hydrogen-bond acceptors (Lipinski definition) is 4. The fraction of sp³-hybridized carbons (Fsp3) is 0.0952. The fourth-order valence-corrected chi connectivity index (χ4v) is 3.66. The van der Waals surface area contributed by atoms with Crippen molar-refractivity contribution in [2.45, 2.75) is 11.9 Å². The summed E-state index contributed by atoms with van der Waals surface area (Å²) in [6.07, 6.45) is 3.48. The third kappa shape index (κ3) is 3.71. The molecule has 0 saturated carbocycles. The van der Waals surface area contributed by atoms with Crippen LogP contribution in [0.4, 0.5) is 5.69 Å². The molecule has 0 radical (unpaired) electrons. The minimum Gasteiger partial charge on any atom is -0.357 e. The number of thioether (sulfide) groups is 1. The van der Waals surface area contributed by atoms with Gasteiger partial charge < -0.3 is 10.3 Å². The number of hydrogen-bond donors (Lipinski definition) is 2. The van der Waals surface area contributed by atoms with Crippen LogP contribution in [0.25, 0.3) is 22.2 Å². The van der Waals surface area contributed by atoms with Crippen LogP contribution in [0.1, 0.15) is 5.56 Å². The molecule has 2 heterocycles. The molecule has 0 unspecified atom stereocenters. The molecule has 0 spiro atoms. The third-order valence-corrected chi connectivity index (χ3v) is 5.26. The standard InChI is InChI=1S/C21H18N4OS/c1-14-7-5-6-10-17(14)25-18(26)12-27-21-20-19(23-13-24-21)16(11-22-20)15-8-3-2-4-9-15/h2-11,13,22H,12H2,1H3,(H,25,26). The normalized spacial score (nSPS) is 10.9. The van der Waals surface area contributed by atoms with Crippen molar-refractivity contribution < 1.29 is 4.79 Å². The Bertz CT molecular complexity index is 1090. The third-order valence-electron chi connectivity index (χ3n) is 4.27. The van der Waals surface area contributed by atoms with E-state index in [4.69, 9.17) is 0 Å². The molecule has 4 aromatic rings. The minimum atomic E-state index is -0.0594. The molecule has 2 N–H and O–H groups in total. The lowest BCUT2D eigenvalue weighted by atomic mass is 10.1. The Labute approximate surface area is 161 Å². The maximum atomic E-state index is 12.3. The molecule has 0 atom stereocenters. The van der Waals surface area contributed by atoms with Crippen LogP contribution in [0, 0.1) is 6.92 Å². The number of para-hydroxylation sites is 1. The molecule has 0 saturated heterocycles. The molecule has 2 aromatic carbocycles. The summed E-state index contributed by atoms with van der Waals surface area (Å²) in [5, 5.41) is 3.71. The number of carbonyl (C=O) groups excluding carboxylic acids is 1. The largest absolute Gasteiger partial charge is 0.357 e. The van der Waals surface area contributed by atoms with Gasteiger partial charge in [0.15, 0.2) is 0 Å². The first-order chi connectivity index (χ1) is 13.2. The number of carbonyl (C=O) groups is 1. The number of aryl methyl sites for hydroxylation is 1. The number of nitrogens with one attached hydrogen (secondary N) is 2. The van der Waals surface area contributed by atoms with Crippen LogP contribution < -0.4 is 5.32 Å². The Hall–Kier alpha value is -3.12. The molecule has 0 bridgehead atoms. The quantitative estimate of drug-likeness (QED) is 0.394. The predicted molar refractivity (Wildman–Crippen MR) is 110 cm³/mol. The molecule has 1 amide bonds. The second-order valence-corrected chi connectivity index (χ2v) is 7.09. The number of anilines is 1. The molecule has 2 aromatic heterocycles. The maximum absolute atomic E-state index is 12.3. The van der Waals surface area contributed by atoms with Gasteiger partial charge in [-0.3, -0.25) is 4.79 Å². The van der Waals surface area contributed by atoms with Gasteiger partial charge in [-0.2, -0.15) is 0 Å². The molecule has 27 heavy (non-hydrogen) atoms. The van der Waals surface area contributed by atoms with Gasteiger partial charge in [-0.15, -0.1) is 0 Å². The number of aromatic nitrogens is 3. The Balaban J connectivity index is 1.52. The summed E-state index contributed by atoms with van der Waals surface area (Å²) in [6.45, 7) is 1.97. The molecule has 0 aliphatic carbocycles. The van der Waals surface area contributed by atoms with Crippen LogP contribution in [0.2, 0.25) is 0 Å². The summed E-state index contributed by atoms with van der Waals surface area (Å²) in [7, 11) is 0. The summed E-state index contributed by atoms with van der Waals surface area (Å²) in [6, 6.07) is 17.8. The van der Waals surface area contributed by atoms with Gasteiger partial charge in [0.1, 0.15) is 16.9 Å². The lowest BCUT2D eigenvalue weighted by molar-refractivity contribution is -0.113. The fourth-order valence-electron chi connectivity index (χ4n) is 2.90. The van der Waals surface area contributed by atoms with E-state index < -0.39 is 0 Å². The zero-order valence-corrected chi connectivity index (χ0v) is 15.6. The van der Waals surface area contributed by atoms with E-state index in [2.05, 4.69) is 20.3 Å². The zero-order chi connectivity index (χ0) is 18.6. The van der Waals surface area contributed by atoms with E-state index >= 15 is 0 Å². The maximum Gasteiger partial charge on any atom is 0.234 e. The SMILES string of the molecule is Cc1ccccc1NC(=O)CSc1ncnc2c(-c3ccccc3)c[nH]c12. The van der Waals surface area contributed by atoms with Gasteiger partial charge in [0, 0.05) is 17.4 Å². The molecule has 134 valence electrons. The van der Waals surface area contributed by atoms with Crippen molar-refractivity contribution in [2.24, 2.45) is 0 Å². The minimum absolute atomic E-state index is 0.0594.